The van der Waals surface area contributed by atoms with Gasteiger partial charge in [0.2, 0.25) is 0 Å². The van der Waals surface area contributed by atoms with Crippen LogP contribution in [0.2, 0.25) is 0 Å². The molecule has 0 amide bonds. The molecule has 1 saturated heterocycles. The molecule has 3 rings (SSSR count). The molecule has 1 unspecified atom stereocenters. The van der Waals surface area contributed by atoms with E-state index >= 15 is 0 Å². The lowest BCUT2D eigenvalue weighted by atomic mass is 9.76. The summed E-state index contributed by atoms with van der Waals surface area (Å²) < 4.78 is 5.05. The maximum Gasteiger partial charge on any atom is 0.320 e. The van der Waals surface area contributed by atoms with E-state index < -0.39 is 5.41 Å². The van der Waals surface area contributed by atoms with Crippen LogP contribution in [0.1, 0.15) is 18.9 Å². The van der Waals surface area contributed by atoms with Crippen molar-refractivity contribution in [3.8, 4) is 0 Å². The molecule has 1 aliphatic heterocycles. The number of cyclic esters (lactones) is 1. The van der Waals surface area contributed by atoms with Crippen molar-refractivity contribution in [2.75, 3.05) is 6.61 Å². The summed E-state index contributed by atoms with van der Waals surface area (Å²) in [6, 6.07) is 14.0. The highest BCUT2D eigenvalue weighted by Crippen LogP contribution is 2.36. The van der Waals surface area contributed by atoms with E-state index in [1.807, 2.05) is 42.5 Å². The quantitative estimate of drug-likeness (QED) is 0.635. The van der Waals surface area contributed by atoms with Crippen LogP contribution in [0, 0.1) is 5.41 Å². The van der Waals surface area contributed by atoms with E-state index in [0.29, 0.717) is 19.4 Å². The van der Waals surface area contributed by atoms with Crippen molar-refractivity contribution in [1.29, 1.82) is 0 Å². The molecule has 102 valence electrons. The lowest BCUT2D eigenvalue weighted by Crippen LogP contribution is -2.36. The molecular weight excluding hydrogens is 252 g/mol. The van der Waals surface area contributed by atoms with Crippen molar-refractivity contribution in [2.24, 2.45) is 5.41 Å². The predicted octanol–water partition coefficient (Wildman–Crippen LogP) is 2.90. The third kappa shape index (κ3) is 1.90. The first-order valence-electron chi connectivity index (χ1n) is 6.78. The highest BCUT2D eigenvalue weighted by molar-refractivity contribution is 6.04. The minimum absolute atomic E-state index is 0.104. The predicted molar refractivity (Wildman–Crippen MR) is 76.3 cm³/mol. The molecule has 0 aliphatic carbocycles. The van der Waals surface area contributed by atoms with Crippen LogP contribution >= 0.6 is 0 Å². The molecule has 20 heavy (non-hydrogen) atoms. The molecule has 0 N–H and O–H groups in total. The minimum Gasteiger partial charge on any atom is -0.465 e. The van der Waals surface area contributed by atoms with E-state index in [1.54, 1.807) is 0 Å². The molecule has 0 radical (unpaired) electrons. The highest BCUT2D eigenvalue weighted by Gasteiger charge is 2.48. The van der Waals surface area contributed by atoms with Crippen molar-refractivity contribution < 1.29 is 14.3 Å². The fourth-order valence-corrected chi connectivity index (χ4v) is 2.93. The molecule has 2 aromatic carbocycles. The lowest BCUT2D eigenvalue weighted by molar-refractivity contribution is -0.150. The molecule has 0 spiro atoms. The number of carbonyl (C=O) groups excluding carboxylic acids is 2. The summed E-state index contributed by atoms with van der Waals surface area (Å²) in [5, 5.41) is 2.21. The highest BCUT2D eigenvalue weighted by atomic mass is 16.5. The molecule has 2 aromatic rings. The smallest absolute Gasteiger partial charge is 0.320 e. The van der Waals surface area contributed by atoms with Gasteiger partial charge in [-0.1, -0.05) is 42.5 Å². The SMILES string of the molecule is CC(=O)C1(Cc2cccc3ccccc23)CCOC1=O. The number of ketones is 1. The van der Waals surface area contributed by atoms with Crippen molar-refractivity contribution in [2.45, 2.75) is 19.8 Å². The van der Waals surface area contributed by atoms with Gasteiger partial charge in [-0.05, 0) is 29.7 Å². The van der Waals surface area contributed by atoms with Gasteiger partial charge in [-0.2, -0.15) is 0 Å². The van der Waals surface area contributed by atoms with Gasteiger partial charge < -0.3 is 4.74 Å². The molecule has 0 aromatic heterocycles. The standard InChI is InChI=1S/C17H16O3/c1-12(18)17(9-10-20-16(17)19)11-14-7-4-6-13-5-2-3-8-15(13)14/h2-8H,9-11H2,1H3. The van der Waals surface area contributed by atoms with E-state index in [2.05, 4.69) is 0 Å². The van der Waals surface area contributed by atoms with E-state index in [0.717, 1.165) is 16.3 Å². The molecule has 3 nitrogen and oxygen atoms in total. The number of carbonyl (C=O) groups is 2. The number of rotatable bonds is 3. The summed E-state index contributed by atoms with van der Waals surface area (Å²) in [7, 11) is 0. The zero-order valence-corrected chi connectivity index (χ0v) is 11.4. The van der Waals surface area contributed by atoms with Gasteiger partial charge in [0.15, 0.2) is 0 Å². The Hall–Kier alpha value is -2.16. The van der Waals surface area contributed by atoms with E-state index in [1.165, 1.54) is 6.92 Å². The van der Waals surface area contributed by atoms with E-state index in [9.17, 15) is 9.59 Å². The average Bonchev–Trinajstić information content (AvgIpc) is 2.82. The molecule has 0 bridgehead atoms. The van der Waals surface area contributed by atoms with Crippen molar-refractivity contribution in [3.63, 3.8) is 0 Å². The molecule has 1 fully saturated rings. The van der Waals surface area contributed by atoms with Crippen LogP contribution in [0.25, 0.3) is 10.8 Å². The Balaban J connectivity index is 2.08. The van der Waals surface area contributed by atoms with Crippen LogP contribution in [0.4, 0.5) is 0 Å². The number of hydrogen-bond donors (Lipinski definition) is 0. The first-order chi connectivity index (χ1) is 9.63. The van der Waals surface area contributed by atoms with Gasteiger partial charge in [0, 0.05) is 6.42 Å². The van der Waals surface area contributed by atoms with Crippen molar-refractivity contribution in [1.82, 2.24) is 0 Å². The zero-order chi connectivity index (χ0) is 14.2. The van der Waals surface area contributed by atoms with E-state index in [-0.39, 0.29) is 11.8 Å². The van der Waals surface area contributed by atoms with E-state index in [4.69, 9.17) is 4.74 Å². The maximum absolute atomic E-state index is 12.0. The topological polar surface area (TPSA) is 43.4 Å². The molecule has 0 saturated carbocycles. The average molecular weight is 268 g/mol. The van der Waals surface area contributed by atoms with Crippen LogP contribution in [0.5, 0.6) is 0 Å². The van der Waals surface area contributed by atoms with Crippen LogP contribution < -0.4 is 0 Å². The number of hydrogen-bond acceptors (Lipinski definition) is 3. The van der Waals surface area contributed by atoms with Crippen LogP contribution in [-0.2, 0) is 20.7 Å². The Bertz CT molecular complexity index is 684. The lowest BCUT2D eigenvalue weighted by Gasteiger charge is -2.22. The first-order valence-corrected chi connectivity index (χ1v) is 6.78. The summed E-state index contributed by atoms with van der Waals surface area (Å²) in [5.41, 5.74) is 0.0292. The largest absolute Gasteiger partial charge is 0.465 e. The number of fused-ring (bicyclic) bond motifs is 1. The summed E-state index contributed by atoms with van der Waals surface area (Å²) in [5.74, 6) is -0.481. The first kappa shape index (κ1) is 12.9. The molecule has 1 heterocycles. The van der Waals surface area contributed by atoms with Crippen LogP contribution in [0.3, 0.4) is 0 Å². The van der Waals surface area contributed by atoms with Gasteiger partial charge >= 0.3 is 5.97 Å². The van der Waals surface area contributed by atoms with Crippen LogP contribution in [-0.4, -0.2) is 18.4 Å². The summed E-state index contributed by atoms with van der Waals surface area (Å²) >= 11 is 0. The Kier molecular flexibility index (Phi) is 3.05. The molecule has 1 aliphatic rings. The van der Waals surface area contributed by atoms with Gasteiger partial charge in [0.05, 0.1) is 6.61 Å². The number of benzene rings is 2. The monoisotopic (exact) mass is 268 g/mol. The normalized spacial score (nSPS) is 21.9. The zero-order valence-electron chi connectivity index (χ0n) is 11.4. The third-order valence-electron chi connectivity index (χ3n) is 4.20. The molecule has 1 atom stereocenters. The summed E-state index contributed by atoms with van der Waals surface area (Å²) in [6.07, 6.45) is 0.896. The maximum atomic E-state index is 12.0. The Morgan fingerprint density at radius 3 is 2.65 bits per heavy atom. The Labute approximate surface area is 117 Å². The number of esters is 1. The van der Waals surface area contributed by atoms with Gasteiger partial charge in [0.1, 0.15) is 11.2 Å². The fourth-order valence-electron chi connectivity index (χ4n) is 2.93. The van der Waals surface area contributed by atoms with Crippen LogP contribution in [0.15, 0.2) is 42.5 Å². The second-order valence-electron chi connectivity index (χ2n) is 5.34. The molecule has 3 heteroatoms. The number of ether oxygens (including phenoxy) is 1. The number of Topliss-reactive ketones (excluding diaryl/α,β-unsaturated/α-hetero) is 1. The second-order valence-corrected chi connectivity index (χ2v) is 5.34. The van der Waals surface area contributed by atoms with Gasteiger partial charge in [0.25, 0.3) is 0 Å². The fraction of sp³-hybridized carbons (Fsp3) is 0.294. The van der Waals surface area contributed by atoms with Gasteiger partial charge in [-0.3, -0.25) is 9.59 Å². The Morgan fingerprint density at radius 1 is 1.20 bits per heavy atom. The summed E-state index contributed by atoms with van der Waals surface area (Å²) in [4.78, 5) is 24.1. The van der Waals surface area contributed by atoms with Gasteiger partial charge in [-0.15, -0.1) is 0 Å². The molecular formula is C17H16O3. The van der Waals surface area contributed by atoms with Crippen molar-refractivity contribution >= 4 is 22.5 Å². The minimum atomic E-state index is -0.996. The third-order valence-corrected chi connectivity index (χ3v) is 4.20. The second kappa shape index (κ2) is 4.75. The summed E-state index contributed by atoms with van der Waals surface area (Å²) in [6.45, 7) is 1.82. The van der Waals surface area contributed by atoms with Crippen molar-refractivity contribution in [3.05, 3.63) is 48.0 Å². The Morgan fingerprint density at radius 2 is 1.95 bits per heavy atom. The van der Waals surface area contributed by atoms with Gasteiger partial charge in [-0.25, -0.2) is 0 Å².